The number of carbonyl (C=O) groups is 5. The second-order valence-corrected chi connectivity index (χ2v) is 18.9. The summed E-state index contributed by atoms with van der Waals surface area (Å²) in [5.41, 5.74) is 8.18. The van der Waals surface area contributed by atoms with Crippen molar-refractivity contribution in [2.75, 3.05) is 32.6 Å². The maximum atomic E-state index is 14.1. The molecule has 0 fully saturated rings. The number of amides is 2. The van der Waals surface area contributed by atoms with E-state index in [0.29, 0.717) is 59.3 Å². The Hall–Kier alpha value is -7.45. The minimum Gasteiger partial charge on any atom is -0.508 e. The highest BCUT2D eigenvalue weighted by Crippen LogP contribution is 2.42. The largest absolute Gasteiger partial charge is 0.508 e. The van der Waals surface area contributed by atoms with Crippen molar-refractivity contribution in [3.05, 3.63) is 129 Å². The number of anilines is 1. The van der Waals surface area contributed by atoms with Crippen LogP contribution in [0.15, 0.2) is 122 Å². The molecule has 2 aromatic rings. The zero-order chi connectivity index (χ0) is 53.8. The van der Waals surface area contributed by atoms with Gasteiger partial charge in [0.15, 0.2) is 16.6 Å². The number of hydrogen-bond donors (Lipinski definition) is 8. The fourth-order valence-electron chi connectivity index (χ4n) is 9.14. The molecule has 2 aliphatic carbocycles. The molecule has 0 saturated carbocycles. The minimum absolute atomic E-state index is 0.0261. The van der Waals surface area contributed by atoms with Crippen LogP contribution in [-0.2, 0) is 28.6 Å². The van der Waals surface area contributed by atoms with Gasteiger partial charge in [-0.2, -0.15) is 0 Å². The fraction of sp³-hybridized carbons (Fsp3) is 0.364. The Balaban J connectivity index is 1.08. The van der Waals surface area contributed by atoms with Crippen LogP contribution in [0.1, 0.15) is 76.6 Å². The number of aromatic carboxylic acids is 1. The van der Waals surface area contributed by atoms with Crippen molar-refractivity contribution < 1.29 is 57.9 Å². The molecule has 0 aromatic heterocycles. The third kappa shape index (κ3) is 14.0. The average molecular weight is 1030 g/mol. The highest BCUT2D eigenvalue weighted by Gasteiger charge is 2.34. The summed E-state index contributed by atoms with van der Waals surface area (Å²) in [6.45, 7) is 7.83. The Bertz CT molecular complexity index is 2990. The molecule has 6 atom stereocenters. The van der Waals surface area contributed by atoms with Gasteiger partial charge in [-0.1, -0.05) is 57.1 Å². The first kappa shape index (κ1) is 55.9. The van der Waals surface area contributed by atoms with Gasteiger partial charge < -0.3 is 60.9 Å². The molecule has 6 rings (SSSR count). The number of unbranched alkanes of at least 4 members (excludes halogenated alkanes) is 3. The lowest BCUT2D eigenvalue weighted by atomic mass is 9.85. The van der Waals surface area contributed by atoms with Crippen LogP contribution >= 0.6 is 12.2 Å². The second kappa shape index (κ2) is 25.5. The van der Waals surface area contributed by atoms with Crippen LogP contribution < -0.4 is 32.4 Å². The number of carboxylic acid groups (broad SMARTS) is 1. The monoisotopic (exact) mass is 1030 g/mol. The lowest BCUT2D eigenvalue weighted by Gasteiger charge is -2.30. The molecule has 0 radical (unpaired) electrons. The van der Waals surface area contributed by atoms with Gasteiger partial charge in [-0.05, 0) is 105 Å². The van der Waals surface area contributed by atoms with Crippen molar-refractivity contribution in [2.24, 2.45) is 17.6 Å². The maximum absolute atomic E-state index is 14.1. The van der Waals surface area contributed by atoms with Crippen LogP contribution in [0.3, 0.4) is 0 Å². The molecule has 2 aromatic carbocycles. The topological polar surface area (TPSA) is 278 Å². The van der Waals surface area contributed by atoms with Gasteiger partial charge in [0, 0.05) is 84.8 Å². The first-order valence-electron chi connectivity index (χ1n) is 24.2. The number of Topliss-reactive ketones (excluding diaryl/α,β-unsaturated/α-hetero) is 1. The summed E-state index contributed by atoms with van der Waals surface area (Å²) < 4.78 is 22.7. The number of phenolic OH excluding ortho intramolecular Hbond substituents is 1. The SMILES string of the molecule is CO[C@H]1/C=C\C=C(/C)C(=O)NC2=CC(=O)C(NCCCCCCNC(=S)Nc3ccc(-c4c5ccc(=O)cc-5oc5cc(O)ccc45)c(C(=O)O)c3)=C(C[C@@H](C)C[C@H](OC)[C@H](O)[C@@H](C)/C=C(\C)C1OC(N)=O)C2=O. The number of fused-ring (bicyclic) bond motifs is 4. The molecule has 392 valence electrons. The highest BCUT2D eigenvalue weighted by molar-refractivity contribution is 7.80. The van der Waals surface area contributed by atoms with Crippen molar-refractivity contribution >= 4 is 63.5 Å². The molecule has 4 aliphatic rings. The number of rotatable bonds is 14. The maximum Gasteiger partial charge on any atom is 0.405 e. The normalized spacial score (nSPS) is 23.0. The molecule has 2 aliphatic heterocycles. The standard InChI is InChI=1S/C55H63N5O13S/c1-29-22-40-48(42(63)28-41(50(40)65)60-52(66)30(2)12-11-13-43(70-5)51(73-54(56)69)32(4)24-31(3)49(64)46(23-29)71-6)57-20-9-7-8-10-21-58-55(74)59-33-14-17-36(39(25-33)53(67)68)47-37-18-15-34(61)26-44(37)72-45-27-35(62)16-19-38(45)47/h11-19,24-29,31,43,46,49,51,57,61,64H,7-10,20-23H2,1-6H3,(H2,56,69)(H,60,66)(H,67,68)(H2,58,59,74)/b13-11-,30-12+,32-24+/t29-,31+,43+,46+,49-,51?/m1/s1. The molecule has 2 heterocycles. The average Bonchev–Trinajstić information content (AvgIpc) is 3.35. The number of aromatic hydroxyl groups is 1. The molecule has 19 heteroatoms. The number of carbonyl (C=O) groups excluding carboxylic acids is 4. The molecule has 18 nitrogen and oxygen atoms in total. The van der Waals surface area contributed by atoms with Crippen molar-refractivity contribution in [3.63, 3.8) is 0 Å². The van der Waals surface area contributed by atoms with E-state index in [4.69, 9.17) is 36.6 Å². The van der Waals surface area contributed by atoms with E-state index >= 15 is 0 Å². The number of primary amides is 1. The van der Waals surface area contributed by atoms with Crippen molar-refractivity contribution in [1.29, 1.82) is 0 Å². The Kier molecular flexibility index (Phi) is 19.2. The van der Waals surface area contributed by atoms with E-state index in [-0.39, 0.29) is 68.1 Å². The molecule has 0 saturated heterocycles. The first-order valence-corrected chi connectivity index (χ1v) is 24.6. The lowest BCUT2D eigenvalue weighted by Crippen LogP contribution is -2.38. The second-order valence-electron chi connectivity index (χ2n) is 18.5. The van der Waals surface area contributed by atoms with E-state index in [0.717, 1.165) is 25.3 Å². The van der Waals surface area contributed by atoms with Gasteiger partial charge in [-0.25, -0.2) is 9.59 Å². The van der Waals surface area contributed by atoms with E-state index in [2.05, 4.69) is 21.3 Å². The van der Waals surface area contributed by atoms with Gasteiger partial charge in [0.25, 0.3) is 5.91 Å². The van der Waals surface area contributed by atoms with E-state index in [9.17, 15) is 44.1 Å². The quantitative estimate of drug-likeness (QED) is 0.0204. The smallest absolute Gasteiger partial charge is 0.405 e. The first-order chi connectivity index (χ1) is 35.3. The summed E-state index contributed by atoms with van der Waals surface area (Å²) in [6, 6.07) is 13.6. The van der Waals surface area contributed by atoms with E-state index in [1.165, 1.54) is 63.6 Å². The summed E-state index contributed by atoms with van der Waals surface area (Å²) in [4.78, 5) is 78.1. The van der Waals surface area contributed by atoms with Gasteiger partial charge in [0.1, 0.15) is 23.2 Å². The number of ketones is 2. The number of allylic oxidation sites excluding steroid dienone is 4. The number of thiocarbonyl (C=S) groups is 1. The summed E-state index contributed by atoms with van der Waals surface area (Å²) in [5, 5.41) is 44.9. The molecular weight excluding hydrogens is 971 g/mol. The summed E-state index contributed by atoms with van der Waals surface area (Å²) in [7, 11) is 2.90. The minimum atomic E-state index is -1.19. The number of ether oxygens (including phenoxy) is 3. The predicted molar refractivity (Wildman–Crippen MR) is 283 cm³/mol. The third-order valence-electron chi connectivity index (χ3n) is 12.9. The number of nitrogens with two attached hydrogens (primary N) is 1. The van der Waals surface area contributed by atoms with E-state index in [1.54, 1.807) is 50.3 Å². The number of methoxy groups -OCH3 is 2. The lowest BCUT2D eigenvalue weighted by molar-refractivity contribution is -0.120. The summed E-state index contributed by atoms with van der Waals surface area (Å²) in [6.07, 6.45) is 6.32. The fourth-order valence-corrected chi connectivity index (χ4v) is 9.36. The predicted octanol–water partition coefficient (Wildman–Crippen LogP) is 7.18. The zero-order valence-corrected chi connectivity index (χ0v) is 42.9. The van der Waals surface area contributed by atoms with Crippen LogP contribution in [0.25, 0.3) is 33.4 Å². The molecule has 9 N–H and O–H groups in total. The van der Waals surface area contributed by atoms with E-state index in [1.807, 2.05) is 6.92 Å². The number of nitrogens with one attached hydrogen (secondary N) is 4. The van der Waals surface area contributed by atoms with Crippen LogP contribution in [0.4, 0.5) is 10.5 Å². The van der Waals surface area contributed by atoms with Gasteiger partial charge in [-0.3, -0.25) is 19.2 Å². The van der Waals surface area contributed by atoms with Crippen molar-refractivity contribution in [2.45, 2.75) is 90.6 Å². The number of aliphatic hydroxyl groups excluding tert-OH is 1. The Labute approximate surface area is 433 Å². The number of phenols is 1. The van der Waals surface area contributed by atoms with Crippen molar-refractivity contribution in [3.8, 4) is 28.2 Å². The molecule has 2 amide bonds. The summed E-state index contributed by atoms with van der Waals surface area (Å²) >= 11 is 5.54. The van der Waals surface area contributed by atoms with Crippen LogP contribution in [-0.4, -0.2) is 102 Å². The molecular formula is C55H63N5O13S. The van der Waals surface area contributed by atoms with Crippen LogP contribution in [0.5, 0.6) is 5.75 Å². The van der Waals surface area contributed by atoms with Crippen LogP contribution in [0.2, 0.25) is 0 Å². The highest BCUT2D eigenvalue weighted by atomic mass is 32.1. The molecule has 1 unspecified atom stereocenters. The van der Waals surface area contributed by atoms with Crippen molar-refractivity contribution in [1.82, 2.24) is 16.0 Å². The molecule has 0 spiro atoms. The Morgan fingerprint density at radius 3 is 2.36 bits per heavy atom. The molecule has 74 heavy (non-hydrogen) atoms. The zero-order valence-electron chi connectivity index (χ0n) is 42.1. The number of aliphatic hydroxyl groups is 1. The van der Waals surface area contributed by atoms with Gasteiger partial charge >= 0.3 is 12.1 Å². The van der Waals surface area contributed by atoms with Gasteiger partial charge in [0.2, 0.25) is 11.6 Å². The number of carboxylic acids is 1. The third-order valence-corrected chi connectivity index (χ3v) is 13.2. The van der Waals surface area contributed by atoms with Gasteiger partial charge in [0.05, 0.1) is 29.2 Å². The van der Waals surface area contributed by atoms with Crippen LogP contribution in [0, 0.1) is 11.8 Å². The number of hydrogen-bond acceptors (Lipinski definition) is 14. The number of benzene rings is 3. The summed E-state index contributed by atoms with van der Waals surface area (Å²) in [5.74, 6) is -3.38. The Morgan fingerprint density at radius 1 is 0.932 bits per heavy atom. The van der Waals surface area contributed by atoms with E-state index < -0.39 is 59.9 Å². The molecule has 2 bridgehead atoms. The van der Waals surface area contributed by atoms with Gasteiger partial charge in [-0.15, -0.1) is 0 Å². The Morgan fingerprint density at radius 2 is 1.66 bits per heavy atom.